The van der Waals surface area contributed by atoms with Crippen molar-refractivity contribution >= 4 is 10.1 Å². The SMILES string of the molecule is CCCCCCCCCCCCCC(O)CCCCCC(CC)S(=O)(=O)[O-].[K+]. The summed E-state index contributed by atoms with van der Waals surface area (Å²) in [6, 6.07) is 0. The van der Waals surface area contributed by atoms with Crippen LogP contribution in [0.15, 0.2) is 0 Å². The molecule has 0 aliphatic heterocycles. The van der Waals surface area contributed by atoms with E-state index in [0.717, 1.165) is 38.5 Å². The molecule has 0 bridgehead atoms. The Balaban J connectivity index is 0. The number of unbranched alkanes of at least 4 members (excludes halogenated alkanes) is 12. The molecule has 6 heteroatoms. The van der Waals surface area contributed by atoms with Gasteiger partial charge < -0.3 is 9.66 Å². The smallest absolute Gasteiger partial charge is 0.748 e. The van der Waals surface area contributed by atoms with E-state index in [1.54, 1.807) is 6.92 Å². The summed E-state index contributed by atoms with van der Waals surface area (Å²) in [5.41, 5.74) is 0. The van der Waals surface area contributed by atoms with Crippen LogP contribution in [0.5, 0.6) is 0 Å². The van der Waals surface area contributed by atoms with Crippen LogP contribution >= 0.6 is 0 Å². The predicted molar refractivity (Wildman–Crippen MR) is 114 cm³/mol. The second-order valence-electron chi connectivity index (χ2n) is 8.14. The quantitative estimate of drug-likeness (QED) is 0.177. The molecule has 0 aromatic rings. The monoisotopic (exact) mass is 444 g/mol. The number of aliphatic hydroxyl groups excluding tert-OH is 1. The molecule has 0 heterocycles. The normalized spacial score (nSPS) is 13.9. The van der Waals surface area contributed by atoms with Gasteiger partial charge in [-0.1, -0.05) is 104 Å². The number of aliphatic hydroxyl groups is 1. The second kappa shape index (κ2) is 21.7. The van der Waals surface area contributed by atoms with Gasteiger partial charge in [0.2, 0.25) is 0 Å². The average molecular weight is 445 g/mol. The molecule has 2 atom stereocenters. The van der Waals surface area contributed by atoms with Gasteiger partial charge in [0.1, 0.15) is 0 Å². The average Bonchev–Trinajstić information content (AvgIpc) is 2.61. The van der Waals surface area contributed by atoms with Crippen molar-refractivity contribution in [3.05, 3.63) is 0 Å². The van der Waals surface area contributed by atoms with E-state index in [4.69, 9.17) is 0 Å². The van der Waals surface area contributed by atoms with Gasteiger partial charge in [0.05, 0.1) is 16.2 Å². The Hall–Kier alpha value is 1.51. The number of rotatable bonds is 20. The molecule has 2 unspecified atom stereocenters. The van der Waals surface area contributed by atoms with Crippen molar-refractivity contribution in [3.63, 3.8) is 0 Å². The largest absolute Gasteiger partial charge is 1.00 e. The second-order valence-corrected chi connectivity index (χ2v) is 9.79. The van der Waals surface area contributed by atoms with Crippen molar-refractivity contribution in [3.8, 4) is 0 Å². The minimum Gasteiger partial charge on any atom is -0.748 e. The third kappa shape index (κ3) is 20.8. The summed E-state index contributed by atoms with van der Waals surface area (Å²) in [6.45, 7) is 4.00. The fourth-order valence-corrected chi connectivity index (χ4v) is 4.53. The van der Waals surface area contributed by atoms with E-state index in [-0.39, 0.29) is 57.5 Å². The summed E-state index contributed by atoms with van der Waals surface area (Å²) < 4.78 is 33.1. The molecule has 0 fully saturated rings. The molecule has 1 N–H and O–H groups in total. The Kier molecular flexibility index (Phi) is 24.6. The molecule has 0 saturated heterocycles. The van der Waals surface area contributed by atoms with Gasteiger partial charge in [0, 0.05) is 5.25 Å². The maximum atomic E-state index is 11.0. The Morgan fingerprint density at radius 1 is 0.679 bits per heavy atom. The van der Waals surface area contributed by atoms with Crippen molar-refractivity contribution in [1.82, 2.24) is 0 Å². The van der Waals surface area contributed by atoms with Crippen molar-refractivity contribution in [2.45, 2.75) is 141 Å². The minimum atomic E-state index is -4.15. The summed E-state index contributed by atoms with van der Waals surface area (Å²) >= 11 is 0. The first-order chi connectivity index (χ1) is 12.9. The van der Waals surface area contributed by atoms with Crippen LogP contribution < -0.4 is 51.4 Å². The van der Waals surface area contributed by atoms with Crippen molar-refractivity contribution in [2.24, 2.45) is 0 Å². The van der Waals surface area contributed by atoms with E-state index in [1.165, 1.54) is 64.2 Å². The van der Waals surface area contributed by atoms with Crippen LogP contribution in [-0.4, -0.2) is 29.4 Å². The van der Waals surface area contributed by atoms with Gasteiger partial charge >= 0.3 is 51.4 Å². The van der Waals surface area contributed by atoms with Gasteiger partial charge in [0.15, 0.2) is 0 Å². The third-order valence-corrected chi connectivity index (χ3v) is 6.95. The van der Waals surface area contributed by atoms with Gasteiger partial charge in [-0.25, -0.2) is 8.42 Å². The summed E-state index contributed by atoms with van der Waals surface area (Å²) in [4.78, 5) is 0. The zero-order chi connectivity index (χ0) is 20.4. The first-order valence-electron chi connectivity index (χ1n) is 11.5. The Labute approximate surface area is 218 Å². The van der Waals surface area contributed by atoms with Gasteiger partial charge in [-0.05, 0) is 25.7 Å². The molecule has 0 spiro atoms. The van der Waals surface area contributed by atoms with Gasteiger partial charge in [-0.3, -0.25) is 0 Å². The van der Waals surface area contributed by atoms with Crippen molar-refractivity contribution in [2.75, 3.05) is 0 Å². The molecule has 164 valence electrons. The van der Waals surface area contributed by atoms with Crippen LogP contribution in [-0.2, 0) is 10.1 Å². The third-order valence-electron chi connectivity index (χ3n) is 5.57. The Morgan fingerprint density at radius 2 is 1.04 bits per heavy atom. The molecule has 0 aliphatic rings. The topological polar surface area (TPSA) is 77.4 Å². The van der Waals surface area contributed by atoms with E-state index in [0.29, 0.717) is 12.8 Å². The molecule has 0 aromatic heterocycles. The van der Waals surface area contributed by atoms with Crippen LogP contribution in [0.4, 0.5) is 0 Å². The molecule has 0 aliphatic carbocycles. The van der Waals surface area contributed by atoms with E-state index in [1.807, 2.05) is 0 Å². The standard InChI is InChI=1S/C22H46O4S.K/c1-3-5-6-7-8-9-10-11-12-13-15-18-21(23)19-16-14-17-20-22(4-2)27(24,25)26;/h21-23H,3-20H2,1-2H3,(H,24,25,26);/q;+1/p-1. The molecule has 28 heavy (non-hydrogen) atoms. The molecule has 0 amide bonds. The first kappa shape index (κ1) is 31.7. The zero-order valence-electron chi connectivity index (χ0n) is 19.0. The van der Waals surface area contributed by atoms with E-state index in [9.17, 15) is 18.1 Å². The van der Waals surface area contributed by atoms with Gasteiger partial charge in [0.25, 0.3) is 0 Å². The number of hydrogen-bond donors (Lipinski definition) is 1. The maximum Gasteiger partial charge on any atom is 1.00 e. The van der Waals surface area contributed by atoms with E-state index in [2.05, 4.69) is 6.92 Å². The van der Waals surface area contributed by atoms with E-state index < -0.39 is 15.4 Å². The summed E-state index contributed by atoms with van der Waals surface area (Å²) in [6.07, 6.45) is 19.4. The van der Waals surface area contributed by atoms with Crippen molar-refractivity contribution in [1.29, 1.82) is 0 Å². The van der Waals surface area contributed by atoms with Crippen LogP contribution in [0.3, 0.4) is 0 Å². The zero-order valence-corrected chi connectivity index (χ0v) is 22.9. The molecular formula is C22H45KO4S. The fourth-order valence-electron chi connectivity index (χ4n) is 3.67. The number of hydrogen-bond acceptors (Lipinski definition) is 4. The van der Waals surface area contributed by atoms with Gasteiger partial charge in [-0.15, -0.1) is 0 Å². The fraction of sp³-hybridized carbons (Fsp3) is 1.00. The van der Waals surface area contributed by atoms with Crippen LogP contribution in [0.2, 0.25) is 0 Å². The predicted octanol–water partition coefficient (Wildman–Crippen LogP) is 3.33. The summed E-state index contributed by atoms with van der Waals surface area (Å²) in [7, 11) is -4.15. The maximum absolute atomic E-state index is 11.0. The summed E-state index contributed by atoms with van der Waals surface area (Å²) in [5, 5.41) is 9.29. The van der Waals surface area contributed by atoms with Crippen LogP contribution in [0.25, 0.3) is 0 Å². The van der Waals surface area contributed by atoms with Crippen molar-refractivity contribution < 1.29 is 69.5 Å². The Morgan fingerprint density at radius 3 is 1.43 bits per heavy atom. The molecule has 0 rings (SSSR count). The van der Waals surface area contributed by atoms with Crippen LogP contribution in [0, 0.1) is 0 Å². The summed E-state index contributed by atoms with van der Waals surface area (Å²) in [5.74, 6) is 0. The molecular weight excluding hydrogens is 399 g/mol. The molecule has 4 nitrogen and oxygen atoms in total. The van der Waals surface area contributed by atoms with Crippen LogP contribution in [0.1, 0.15) is 129 Å². The first-order valence-corrected chi connectivity index (χ1v) is 13.0. The Bertz CT molecular complexity index is 415. The van der Waals surface area contributed by atoms with Gasteiger partial charge in [-0.2, -0.15) is 0 Å². The van der Waals surface area contributed by atoms with E-state index >= 15 is 0 Å². The molecule has 0 saturated carbocycles. The minimum absolute atomic E-state index is 0. The molecule has 0 aromatic carbocycles. The molecule has 0 radical (unpaired) electrons.